The predicted molar refractivity (Wildman–Crippen MR) is 73.3 cm³/mol. The number of carbonyl (C=O) groups is 1. The Kier molecular flexibility index (Phi) is 4.22. The largest absolute Gasteiger partial charge is 0.462 e. The number of carbonyl (C=O) groups excluding carboxylic acids is 1. The smallest absolute Gasteiger partial charge is 0.257 e. The number of hydrogen-bond donors (Lipinski definition) is 0. The zero-order valence-electron chi connectivity index (χ0n) is 11.4. The second kappa shape index (κ2) is 5.89. The summed E-state index contributed by atoms with van der Waals surface area (Å²) < 4.78 is 10.9. The van der Waals surface area contributed by atoms with Gasteiger partial charge < -0.3 is 14.4 Å². The molecule has 0 atom stereocenters. The van der Waals surface area contributed by atoms with Gasteiger partial charge in [0.1, 0.15) is 5.75 Å². The first-order valence-corrected chi connectivity index (χ1v) is 6.39. The highest BCUT2D eigenvalue weighted by molar-refractivity contribution is 5.97. The Labute approximate surface area is 113 Å². The third-order valence-electron chi connectivity index (χ3n) is 3.02. The molecule has 1 aromatic carbocycles. The lowest BCUT2D eigenvalue weighted by atomic mass is 10.1. The highest BCUT2D eigenvalue weighted by Gasteiger charge is 2.22. The van der Waals surface area contributed by atoms with Crippen molar-refractivity contribution in [3.63, 3.8) is 0 Å². The molecule has 1 aliphatic rings. The molecule has 1 amide bonds. The van der Waals surface area contributed by atoms with Crippen molar-refractivity contribution in [2.24, 2.45) is 0 Å². The molecule has 1 aromatic rings. The SMILES string of the molecule is C=C(C)Oc1c(C)cccc1C(=O)N1CCOCC1. The molecule has 19 heavy (non-hydrogen) atoms. The normalized spacial score (nSPS) is 15.2. The Bertz CT molecular complexity index is 490. The lowest BCUT2D eigenvalue weighted by molar-refractivity contribution is 0.0301. The van der Waals surface area contributed by atoms with E-state index in [9.17, 15) is 4.79 Å². The number of rotatable bonds is 3. The minimum absolute atomic E-state index is 0.0109. The van der Waals surface area contributed by atoms with Gasteiger partial charge in [-0.05, 0) is 25.5 Å². The maximum Gasteiger partial charge on any atom is 0.257 e. The summed E-state index contributed by atoms with van der Waals surface area (Å²) >= 11 is 0. The molecule has 1 saturated heterocycles. The van der Waals surface area contributed by atoms with E-state index >= 15 is 0 Å². The van der Waals surface area contributed by atoms with E-state index in [4.69, 9.17) is 9.47 Å². The molecule has 0 aliphatic carbocycles. The van der Waals surface area contributed by atoms with E-state index in [0.29, 0.717) is 43.4 Å². The van der Waals surface area contributed by atoms with Crippen LogP contribution >= 0.6 is 0 Å². The van der Waals surface area contributed by atoms with E-state index in [0.717, 1.165) is 5.56 Å². The number of ether oxygens (including phenoxy) is 2. The lowest BCUT2D eigenvalue weighted by Gasteiger charge is -2.27. The Hall–Kier alpha value is -1.81. The summed E-state index contributed by atoms with van der Waals surface area (Å²) in [6.07, 6.45) is 0. The standard InChI is InChI=1S/C15H19NO3/c1-11(2)19-14-12(3)5-4-6-13(14)15(17)16-7-9-18-10-8-16/h4-6H,1,7-10H2,2-3H3. The van der Waals surface area contributed by atoms with Gasteiger partial charge in [0.2, 0.25) is 0 Å². The summed E-state index contributed by atoms with van der Waals surface area (Å²) in [5, 5.41) is 0. The van der Waals surface area contributed by atoms with E-state index in [1.165, 1.54) is 0 Å². The molecule has 102 valence electrons. The second-order valence-electron chi connectivity index (χ2n) is 4.66. The molecule has 4 heteroatoms. The number of amides is 1. The Morgan fingerprint density at radius 1 is 1.37 bits per heavy atom. The van der Waals surface area contributed by atoms with Crippen molar-refractivity contribution in [1.82, 2.24) is 4.90 Å². The number of hydrogen-bond acceptors (Lipinski definition) is 3. The molecule has 0 aromatic heterocycles. The van der Waals surface area contributed by atoms with Crippen LogP contribution in [0.2, 0.25) is 0 Å². The number of aryl methyl sites for hydroxylation is 1. The van der Waals surface area contributed by atoms with Crippen LogP contribution in [0.4, 0.5) is 0 Å². The zero-order chi connectivity index (χ0) is 13.8. The summed E-state index contributed by atoms with van der Waals surface area (Å²) in [7, 11) is 0. The van der Waals surface area contributed by atoms with E-state index in [-0.39, 0.29) is 5.91 Å². The van der Waals surface area contributed by atoms with E-state index in [1.807, 2.05) is 19.1 Å². The molecule has 0 unspecified atom stereocenters. The highest BCUT2D eigenvalue weighted by Crippen LogP contribution is 2.26. The molecule has 0 radical (unpaired) electrons. The van der Waals surface area contributed by atoms with Crippen molar-refractivity contribution in [2.75, 3.05) is 26.3 Å². The molecule has 2 rings (SSSR count). The van der Waals surface area contributed by atoms with Gasteiger partial charge in [0.05, 0.1) is 24.5 Å². The van der Waals surface area contributed by atoms with Gasteiger partial charge >= 0.3 is 0 Å². The van der Waals surface area contributed by atoms with Crippen LogP contribution in [0.15, 0.2) is 30.5 Å². The van der Waals surface area contributed by atoms with Gasteiger partial charge in [-0.2, -0.15) is 0 Å². The molecule has 0 bridgehead atoms. The minimum Gasteiger partial charge on any atom is -0.462 e. The second-order valence-corrected chi connectivity index (χ2v) is 4.66. The van der Waals surface area contributed by atoms with Gasteiger partial charge in [0, 0.05) is 13.1 Å². The number of allylic oxidation sites excluding steroid dienone is 1. The van der Waals surface area contributed by atoms with Crippen LogP contribution in [0.1, 0.15) is 22.8 Å². The summed E-state index contributed by atoms with van der Waals surface area (Å²) in [5.74, 6) is 1.17. The minimum atomic E-state index is -0.0109. The van der Waals surface area contributed by atoms with E-state index in [2.05, 4.69) is 6.58 Å². The molecule has 1 aliphatic heterocycles. The molecule has 1 heterocycles. The quantitative estimate of drug-likeness (QED) is 0.784. The highest BCUT2D eigenvalue weighted by atomic mass is 16.5. The van der Waals surface area contributed by atoms with Gasteiger partial charge in [-0.15, -0.1) is 0 Å². The van der Waals surface area contributed by atoms with Crippen molar-refractivity contribution in [3.05, 3.63) is 41.7 Å². The fourth-order valence-electron chi connectivity index (χ4n) is 2.07. The van der Waals surface area contributed by atoms with Crippen LogP contribution < -0.4 is 4.74 Å². The summed E-state index contributed by atoms with van der Waals surface area (Å²) in [4.78, 5) is 14.3. The maximum atomic E-state index is 12.5. The molecule has 0 N–H and O–H groups in total. The maximum absolute atomic E-state index is 12.5. The number of para-hydroxylation sites is 1. The van der Waals surface area contributed by atoms with Crippen molar-refractivity contribution >= 4 is 5.91 Å². The van der Waals surface area contributed by atoms with Gasteiger partial charge in [-0.1, -0.05) is 18.7 Å². The van der Waals surface area contributed by atoms with Crippen molar-refractivity contribution < 1.29 is 14.3 Å². The molecular formula is C15H19NO3. The van der Waals surface area contributed by atoms with Crippen LogP contribution in [0.25, 0.3) is 0 Å². The molecular weight excluding hydrogens is 242 g/mol. The first-order chi connectivity index (χ1) is 9.09. The van der Waals surface area contributed by atoms with Crippen molar-refractivity contribution in [3.8, 4) is 5.75 Å². The summed E-state index contributed by atoms with van der Waals surface area (Å²) in [6, 6.07) is 5.59. The average Bonchev–Trinajstić information content (AvgIpc) is 2.41. The summed E-state index contributed by atoms with van der Waals surface area (Å²) in [6.45, 7) is 9.87. The lowest BCUT2D eigenvalue weighted by Crippen LogP contribution is -2.40. The van der Waals surface area contributed by atoms with Crippen LogP contribution in [0.5, 0.6) is 5.75 Å². The molecule has 0 spiro atoms. The van der Waals surface area contributed by atoms with Crippen LogP contribution in [0, 0.1) is 6.92 Å². The van der Waals surface area contributed by atoms with Gasteiger partial charge in [0.25, 0.3) is 5.91 Å². The number of nitrogens with zero attached hydrogens (tertiary/aromatic N) is 1. The van der Waals surface area contributed by atoms with Crippen LogP contribution in [-0.4, -0.2) is 37.1 Å². The summed E-state index contributed by atoms with van der Waals surface area (Å²) in [5.41, 5.74) is 1.52. The van der Waals surface area contributed by atoms with Crippen molar-refractivity contribution in [1.29, 1.82) is 0 Å². The van der Waals surface area contributed by atoms with E-state index < -0.39 is 0 Å². The van der Waals surface area contributed by atoms with Gasteiger partial charge in [-0.3, -0.25) is 4.79 Å². The first kappa shape index (κ1) is 13.6. The first-order valence-electron chi connectivity index (χ1n) is 6.39. The van der Waals surface area contributed by atoms with E-state index in [1.54, 1.807) is 17.9 Å². The van der Waals surface area contributed by atoms with Crippen molar-refractivity contribution in [2.45, 2.75) is 13.8 Å². The molecule has 4 nitrogen and oxygen atoms in total. The Morgan fingerprint density at radius 3 is 2.68 bits per heavy atom. The van der Waals surface area contributed by atoms with Gasteiger partial charge in [0.15, 0.2) is 0 Å². The monoisotopic (exact) mass is 261 g/mol. The Balaban J connectivity index is 2.29. The zero-order valence-corrected chi connectivity index (χ0v) is 11.4. The third-order valence-corrected chi connectivity index (χ3v) is 3.02. The predicted octanol–water partition coefficient (Wildman–Crippen LogP) is 2.38. The van der Waals surface area contributed by atoms with Gasteiger partial charge in [-0.25, -0.2) is 0 Å². The number of benzene rings is 1. The third kappa shape index (κ3) is 3.15. The van der Waals surface area contributed by atoms with Crippen LogP contribution in [0.3, 0.4) is 0 Å². The Morgan fingerprint density at radius 2 is 2.05 bits per heavy atom. The average molecular weight is 261 g/mol. The fraction of sp³-hybridized carbons (Fsp3) is 0.400. The number of morpholine rings is 1. The molecule has 0 saturated carbocycles. The fourth-order valence-corrected chi connectivity index (χ4v) is 2.07. The van der Waals surface area contributed by atoms with Crippen LogP contribution in [-0.2, 0) is 4.74 Å². The topological polar surface area (TPSA) is 38.8 Å². The molecule has 1 fully saturated rings.